The molecule has 1 aliphatic rings. The molecule has 2 nitrogen and oxygen atoms in total. The fourth-order valence-electron chi connectivity index (χ4n) is 3.05. The van der Waals surface area contributed by atoms with E-state index in [0.29, 0.717) is 23.1 Å². The van der Waals surface area contributed by atoms with Crippen molar-refractivity contribution in [2.75, 3.05) is 0 Å². The number of hydrogen-bond acceptors (Lipinski definition) is 2. The van der Waals surface area contributed by atoms with E-state index in [4.69, 9.17) is 4.74 Å². The molecular formula is C19H15F5O2. The number of ketones is 1. The molecule has 0 saturated heterocycles. The van der Waals surface area contributed by atoms with Crippen molar-refractivity contribution in [2.24, 2.45) is 5.92 Å². The molecule has 1 aliphatic carbocycles. The quantitative estimate of drug-likeness (QED) is 0.395. The zero-order chi connectivity index (χ0) is 19.3. The number of carbonyl (C=O) groups is 1. The SMILES string of the molecule is CC1Cc2cc(Oc3c(F)c(F)c(F)c(F)c3F)c(C(C)C)cc2C1=O. The number of Topliss-reactive ketones (excluding diaryl/α,β-unsaturated/α-hetero) is 1. The Hall–Kier alpha value is -2.44. The number of fused-ring (bicyclic) bond motifs is 1. The minimum atomic E-state index is -2.25. The van der Waals surface area contributed by atoms with Crippen LogP contribution in [0.4, 0.5) is 22.0 Å². The van der Waals surface area contributed by atoms with Crippen molar-refractivity contribution in [1.82, 2.24) is 0 Å². The fraction of sp³-hybridized carbons (Fsp3) is 0.316. The molecule has 0 aromatic heterocycles. The van der Waals surface area contributed by atoms with Crippen LogP contribution in [0.3, 0.4) is 0 Å². The minimum Gasteiger partial charge on any atom is -0.451 e. The number of benzene rings is 2. The molecule has 2 aromatic carbocycles. The number of carbonyl (C=O) groups excluding carboxylic acids is 1. The predicted octanol–water partition coefficient (Wildman–Crippen LogP) is 5.67. The zero-order valence-electron chi connectivity index (χ0n) is 14.2. The topological polar surface area (TPSA) is 26.3 Å². The van der Waals surface area contributed by atoms with E-state index < -0.39 is 34.8 Å². The average Bonchev–Trinajstić information content (AvgIpc) is 2.88. The summed E-state index contributed by atoms with van der Waals surface area (Å²) in [7, 11) is 0. The lowest BCUT2D eigenvalue weighted by atomic mass is 9.97. The Bertz CT molecular complexity index is 892. The van der Waals surface area contributed by atoms with Gasteiger partial charge < -0.3 is 4.74 Å². The van der Waals surface area contributed by atoms with Gasteiger partial charge in [0.15, 0.2) is 5.78 Å². The standard InChI is InChI=1S/C19H15F5O2/c1-7(2)10-6-11-9(4-8(3)18(11)25)5-12(10)26-19-16(23)14(21)13(20)15(22)17(19)24/h5-8H,4H2,1-3H3. The van der Waals surface area contributed by atoms with Crippen molar-refractivity contribution in [1.29, 1.82) is 0 Å². The van der Waals surface area contributed by atoms with Crippen LogP contribution in [-0.2, 0) is 6.42 Å². The van der Waals surface area contributed by atoms with Crippen LogP contribution >= 0.6 is 0 Å². The molecule has 0 fully saturated rings. The molecule has 0 heterocycles. The summed E-state index contributed by atoms with van der Waals surface area (Å²) in [6.07, 6.45) is 0.417. The maximum atomic E-state index is 13.9. The van der Waals surface area contributed by atoms with Crippen molar-refractivity contribution in [3.63, 3.8) is 0 Å². The van der Waals surface area contributed by atoms with E-state index in [-0.39, 0.29) is 23.4 Å². The van der Waals surface area contributed by atoms with Crippen LogP contribution in [-0.4, -0.2) is 5.78 Å². The normalized spacial score (nSPS) is 16.3. The second kappa shape index (κ2) is 6.37. The molecule has 3 rings (SSSR count). The van der Waals surface area contributed by atoms with E-state index in [9.17, 15) is 26.7 Å². The Morgan fingerprint density at radius 2 is 1.50 bits per heavy atom. The first-order valence-electron chi connectivity index (χ1n) is 8.03. The zero-order valence-corrected chi connectivity index (χ0v) is 14.2. The summed E-state index contributed by atoms with van der Waals surface area (Å²) in [6, 6.07) is 3.00. The van der Waals surface area contributed by atoms with Gasteiger partial charge >= 0.3 is 0 Å². The number of ether oxygens (including phenoxy) is 1. The van der Waals surface area contributed by atoms with Gasteiger partial charge in [-0.15, -0.1) is 0 Å². The van der Waals surface area contributed by atoms with Gasteiger partial charge in [0.05, 0.1) is 0 Å². The van der Waals surface area contributed by atoms with E-state index >= 15 is 0 Å². The summed E-state index contributed by atoms with van der Waals surface area (Å²) in [5, 5.41) is 0. The van der Waals surface area contributed by atoms with Crippen molar-refractivity contribution in [3.05, 3.63) is 57.9 Å². The van der Waals surface area contributed by atoms with Crippen LogP contribution in [0.1, 0.15) is 48.2 Å². The molecule has 1 atom stereocenters. The number of halogens is 5. The maximum absolute atomic E-state index is 13.9. The summed E-state index contributed by atoms with van der Waals surface area (Å²) in [4.78, 5) is 12.2. The third-order valence-corrected chi connectivity index (χ3v) is 4.48. The third kappa shape index (κ3) is 2.75. The Labute approximate surface area is 146 Å². The maximum Gasteiger partial charge on any atom is 0.207 e. The predicted molar refractivity (Wildman–Crippen MR) is 84.0 cm³/mol. The summed E-state index contributed by atoms with van der Waals surface area (Å²) < 4.78 is 73.0. The minimum absolute atomic E-state index is 0.0381. The van der Waals surface area contributed by atoms with Gasteiger partial charge in [0.2, 0.25) is 34.8 Å². The molecule has 2 aromatic rings. The van der Waals surface area contributed by atoms with Gasteiger partial charge in [0, 0.05) is 11.5 Å². The van der Waals surface area contributed by atoms with Crippen molar-refractivity contribution in [2.45, 2.75) is 33.1 Å². The highest BCUT2D eigenvalue weighted by Gasteiger charge is 2.31. The molecule has 0 spiro atoms. The summed E-state index contributed by atoms with van der Waals surface area (Å²) in [6.45, 7) is 5.27. The second-order valence-corrected chi connectivity index (χ2v) is 6.67. The number of rotatable bonds is 3. The Kier molecular flexibility index (Phi) is 4.50. The Morgan fingerprint density at radius 1 is 0.962 bits per heavy atom. The lowest BCUT2D eigenvalue weighted by Crippen LogP contribution is -2.06. The van der Waals surface area contributed by atoms with Gasteiger partial charge in [0.25, 0.3) is 0 Å². The van der Waals surface area contributed by atoms with Gasteiger partial charge in [-0.3, -0.25) is 4.79 Å². The van der Waals surface area contributed by atoms with E-state index in [1.807, 2.05) is 0 Å². The van der Waals surface area contributed by atoms with Gasteiger partial charge in [-0.1, -0.05) is 20.8 Å². The lowest BCUT2D eigenvalue weighted by molar-refractivity contribution is 0.0946. The highest BCUT2D eigenvalue weighted by atomic mass is 19.2. The molecule has 26 heavy (non-hydrogen) atoms. The van der Waals surface area contributed by atoms with Crippen LogP contribution in [0.15, 0.2) is 12.1 Å². The van der Waals surface area contributed by atoms with Gasteiger partial charge in [-0.2, -0.15) is 8.78 Å². The van der Waals surface area contributed by atoms with E-state index in [2.05, 4.69) is 0 Å². The second-order valence-electron chi connectivity index (χ2n) is 6.67. The van der Waals surface area contributed by atoms with Crippen molar-refractivity contribution >= 4 is 5.78 Å². The van der Waals surface area contributed by atoms with Gasteiger partial charge in [-0.25, -0.2) is 13.2 Å². The Morgan fingerprint density at radius 3 is 2.04 bits per heavy atom. The fourth-order valence-corrected chi connectivity index (χ4v) is 3.05. The van der Waals surface area contributed by atoms with Crippen molar-refractivity contribution < 1.29 is 31.5 Å². The monoisotopic (exact) mass is 370 g/mol. The number of hydrogen-bond donors (Lipinski definition) is 0. The van der Waals surface area contributed by atoms with E-state index in [1.165, 1.54) is 6.07 Å². The molecular weight excluding hydrogens is 355 g/mol. The molecule has 7 heteroatoms. The molecule has 0 aliphatic heterocycles. The third-order valence-electron chi connectivity index (χ3n) is 4.48. The molecule has 1 unspecified atom stereocenters. The summed E-state index contributed by atoms with van der Waals surface area (Å²) in [5.74, 6) is -12.4. The highest BCUT2D eigenvalue weighted by Crippen LogP contribution is 2.40. The Balaban J connectivity index is 2.15. The first-order valence-corrected chi connectivity index (χ1v) is 8.03. The largest absolute Gasteiger partial charge is 0.451 e. The van der Waals surface area contributed by atoms with E-state index in [1.54, 1.807) is 26.8 Å². The van der Waals surface area contributed by atoms with Crippen LogP contribution in [0, 0.1) is 35.0 Å². The summed E-state index contributed by atoms with van der Waals surface area (Å²) in [5.41, 5.74) is 1.55. The van der Waals surface area contributed by atoms with Gasteiger partial charge in [-0.05, 0) is 35.6 Å². The van der Waals surface area contributed by atoms with Crippen LogP contribution in [0.2, 0.25) is 0 Å². The van der Waals surface area contributed by atoms with Gasteiger partial charge in [0.1, 0.15) is 5.75 Å². The smallest absolute Gasteiger partial charge is 0.207 e. The molecule has 0 amide bonds. The molecule has 0 N–H and O–H groups in total. The van der Waals surface area contributed by atoms with Crippen molar-refractivity contribution in [3.8, 4) is 11.5 Å². The van der Waals surface area contributed by atoms with Crippen LogP contribution in [0.25, 0.3) is 0 Å². The average molecular weight is 370 g/mol. The molecule has 0 saturated carbocycles. The lowest BCUT2D eigenvalue weighted by Gasteiger charge is -2.17. The van der Waals surface area contributed by atoms with Crippen LogP contribution < -0.4 is 4.74 Å². The molecule has 0 radical (unpaired) electrons. The first-order chi connectivity index (χ1) is 12.1. The highest BCUT2D eigenvalue weighted by molar-refractivity contribution is 6.02. The molecule has 138 valence electrons. The molecule has 0 bridgehead atoms. The summed E-state index contributed by atoms with van der Waals surface area (Å²) >= 11 is 0. The van der Waals surface area contributed by atoms with E-state index in [0.717, 1.165) is 0 Å². The first kappa shape index (κ1) is 18.4. The van der Waals surface area contributed by atoms with Crippen LogP contribution in [0.5, 0.6) is 11.5 Å².